The number of hydrogen-bond donors (Lipinski definition) is 0. The van der Waals surface area contributed by atoms with Gasteiger partial charge in [-0.1, -0.05) is 23.5 Å². The van der Waals surface area contributed by atoms with Gasteiger partial charge in [0.15, 0.2) is 0 Å². The van der Waals surface area contributed by atoms with Crippen LogP contribution in [-0.2, 0) is 12.8 Å². The van der Waals surface area contributed by atoms with Crippen molar-refractivity contribution in [3.05, 3.63) is 18.2 Å². The molecule has 0 bridgehead atoms. The van der Waals surface area contributed by atoms with Crippen LogP contribution in [0.15, 0.2) is 17.4 Å². The molecule has 0 fully saturated rings. The predicted octanol–water partition coefficient (Wildman–Crippen LogP) is 2.14. The quantitative estimate of drug-likeness (QED) is 0.775. The number of aryl methyl sites for hydroxylation is 1. The Morgan fingerprint density at radius 2 is 2.57 bits per heavy atom. The summed E-state index contributed by atoms with van der Waals surface area (Å²) in [5.41, 5.74) is 0. The van der Waals surface area contributed by atoms with Crippen LogP contribution in [0, 0.1) is 0 Å². The minimum absolute atomic E-state index is 0.490. The second-order valence-electron chi connectivity index (χ2n) is 3.30. The van der Waals surface area contributed by atoms with Gasteiger partial charge >= 0.3 is 0 Å². The van der Waals surface area contributed by atoms with Crippen LogP contribution in [0.3, 0.4) is 0 Å². The molecule has 76 valence electrons. The van der Waals surface area contributed by atoms with Crippen molar-refractivity contribution in [3.63, 3.8) is 0 Å². The largest absolute Gasteiger partial charge is 0.337 e. The Labute approximate surface area is 92.4 Å². The van der Waals surface area contributed by atoms with E-state index in [1.807, 2.05) is 31.2 Å². The lowest BCUT2D eigenvalue weighted by molar-refractivity contribution is 0.850. The zero-order chi connectivity index (χ0) is 9.97. The highest BCUT2D eigenvalue weighted by atomic mass is 32.2. The molecule has 0 amide bonds. The van der Waals surface area contributed by atoms with E-state index in [1.54, 1.807) is 11.8 Å². The highest BCUT2D eigenvalue weighted by Gasteiger charge is 2.14. The fourth-order valence-corrected chi connectivity index (χ4v) is 3.40. The standard InChI is InChI=1S/C9H13N3S2/c1-7-5-13-9(11-7)14-6-8-10-3-4-12(8)2/h3-4,7H,5-6H2,1-2H3/t7-/m0/s1. The van der Waals surface area contributed by atoms with Gasteiger partial charge < -0.3 is 4.57 Å². The molecule has 1 aromatic heterocycles. The van der Waals surface area contributed by atoms with Crippen molar-refractivity contribution in [1.82, 2.24) is 9.55 Å². The van der Waals surface area contributed by atoms with Crippen molar-refractivity contribution in [2.45, 2.75) is 18.7 Å². The van der Waals surface area contributed by atoms with Crippen LogP contribution >= 0.6 is 23.5 Å². The normalized spacial score (nSPS) is 21.3. The van der Waals surface area contributed by atoms with Gasteiger partial charge in [0.2, 0.25) is 0 Å². The lowest BCUT2D eigenvalue weighted by Crippen LogP contribution is -1.95. The van der Waals surface area contributed by atoms with E-state index >= 15 is 0 Å². The van der Waals surface area contributed by atoms with E-state index in [-0.39, 0.29) is 0 Å². The molecule has 2 heterocycles. The molecular weight excluding hydrogens is 214 g/mol. The van der Waals surface area contributed by atoms with Gasteiger partial charge in [-0.2, -0.15) is 0 Å². The topological polar surface area (TPSA) is 30.2 Å². The Morgan fingerprint density at radius 1 is 1.71 bits per heavy atom. The van der Waals surface area contributed by atoms with Crippen molar-refractivity contribution in [2.75, 3.05) is 5.75 Å². The van der Waals surface area contributed by atoms with Crippen molar-refractivity contribution < 1.29 is 0 Å². The van der Waals surface area contributed by atoms with Crippen molar-refractivity contribution in [3.8, 4) is 0 Å². The van der Waals surface area contributed by atoms with Gasteiger partial charge in [0.25, 0.3) is 0 Å². The SMILES string of the molecule is C[C@H]1CSC(SCc2nccn2C)=N1. The van der Waals surface area contributed by atoms with Crippen molar-refractivity contribution >= 4 is 27.9 Å². The van der Waals surface area contributed by atoms with E-state index in [4.69, 9.17) is 0 Å². The van der Waals surface area contributed by atoms with Crippen molar-refractivity contribution in [1.29, 1.82) is 0 Å². The number of nitrogens with zero attached hydrogens (tertiary/aromatic N) is 3. The van der Waals surface area contributed by atoms with E-state index in [9.17, 15) is 0 Å². The summed E-state index contributed by atoms with van der Waals surface area (Å²) in [7, 11) is 2.02. The molecule has 0 N–H and O–H groups in total. The van der Waals surface area contributed by atoms with Crippen LogP contribution in [0.25, 0.3) is 0 Å². The number of hydrogen-bond acceptors (Lipinski definition) is 4. The molecule has 0 saturated heterocycles. The number of rotatable bonds is 2. The second-order valence-corrected chi connectivity index (χ2v) is 5.53. The molecule has 1 aliphatic heterocycles. The average Bonchev–Trinajstić information content (AvgIpc) is 2.72. The monoisotopic (exact) mass is 227 g/mol. The minimum Gasteiger partial charge on any atom is -0.337 e. The van der Waals surface area contributed by atoms with Gasteiger partial charge in [-0.25, -0.2) is 4.98 Å². The van der Waals surface area contributed by atoms with Crippen LogP contribution in [-0.4, -0.2) is 25.7 Å². The van der Waals surface area contributed by atoms with Crippen LogP contribution < -0.4 is 0 Å². The van der Waals surface area contributed by atoms with E-state index < -0.39 is 0 Å². The third-order valence-corrected chi connectivity index (χ3v) is 4.48. The lowest BCUT2D eigenvalue weighted by Gasteiger charge is -2.00. The summed E-state index contributed by atoms with van der Waals surface area (Å²) < 4.78 is 3.26. The summed E-state index contributed by atoms with van der Waals surface area (Å²) in [6, 6.07) is 0.490. The van der Waals surface area contributed by atoms with Crippen LogP contribution in [0.5, 0.6) is 0 Å². The van der Waals surface area contributed by atoms with Crippen LogP contribution in [0.4, 0.5) is 0 Å². The first-order valence-corrected chi connectivity index (χ1v) is 6.52. The zero-order valence-electron chi connectivity index (χ0n) is 8.30. The summed E-state index contributed by atoms with van der Waals surface area (Å²) in [6.07, 6.45) is 3.81. The van der Waals surface area contributed by atoms with E-state index in [0.717, 1.165) is 17.3 Å². The number of aliphatic imine (C=N–C) groups is 1. The second kappa shape index (κ2) is 4.40. The number of imidazole rings is 1. The van der Waals surface area contributed by atoms with E-state index in [0.29, 0.717) is 6.04 Å². The van der Waals surface area contributed by atoms with Gasteiger partial charge in [-0.05, 0) is 6.92 Å². The molecule has 3 nitrogen and oxygen atoms in total. The van der Waals surface area contributed by atoms with Gasteiger partial charge in [0.1, 0.15) is 10.2 Å². The maximum absolute atomic E-state index is 4.52. The number of thioether (sulfide) groups is 2. The fourth-order valence-electron chi connectivity index (χ4n) is 1.19. The first-order chi connectivity index (χ1) is 6.75. The third kappa shape index (κ3) is 2.33. The molecule has 1 atom stereocenters. The Balaban J connectivity index is 1.89. The predicted molar refractivity (Wildman–Crippen MR) is 63.9 cm³/mol. The molecular formula is C9H13N3S2. The van der Waals surface area contributed by atoms with Crippen LogP contribution in [0.2, 0.25) is 0 Å². The average molecular weight is 227 g/mol. The number of aromatic nitrogens is 2. The smallest absolute Gasteiger partial charge is 0.125 e. The van der Waals surface area contributed by atoms with E-state index in [2.05, 4.69) is 21.5 Å². The molecule has 1 aliphatic rings. The summed E-state index contributed by atoms with van der Waals surface area (Å²) in [4.78, 5) is 8.80. The molecule has 0 aliphatic carbocycles. The van der Waals surface area contributed by atoms with Gasteiger partial charge in [0.05, 0.1) is 11.8 Å². The Hall–Kier alpha value is -0.420. The molecule has 0 radical (unpaired) electrons. The molecule has 0 spiro atoms. The maximum atomic E-state index is 4.52. The molecule has 5 heteroatoms. The fraction of sp³-hybridized carbons (Fsp3) is 0.556. The van der Waals surface area contributed by atoms with Crippen LogP contribution in [0.1, 0.15) is 12.7 Å². The maximum Gasteiger partial charge on any atom is 0.125 e. The van der Waals surface area contributed by atoms with E-state index in [1.165, 1.54) is 4.38 Å². The highest BCUT2D eigenvalue weighted by molar-refractivity contribution is 8.38. The molecule has 2 rings (SSSR count). The summed E-state index contributed by atoms with van der Waals surface area (Å²) in [5, 5.41) is 0. The molecule has 0 unspecified atom stereocenters. The summed E-state index contributed by atoms with van der Waals surface area (Å²) in [6.45, 7) is 2.15. The zero-order valence-corrected chi connectivity index (χ0v) is 9.94. The Bertz CT molecular complexity index is 346. The lowest BCUT2D eigenvalue weighted by atomic mass is 10.4. The van der Waals surface area contributed by atoms with Crippen molar-refractivity contribution in [2.24, 2.45) is 12.0 Å². The highest BCUT2D eigenvalue weighted by Crippen LogP contribution is 2.27. The molecule has 14 heavy (non-hydrogen) atoms. The Morgan fingerprint density at radius 3 is 3.14 bits per heavy atom. The van der Waals surface area contributed by atoms with Gasteiger partial charge in [-0.15, -0.1) is 0 Å². The molecule has 1 aromatic rings. The van der Waals surface area contributed by atoms with Gasteiger partial charge in [-0.3, -0.25) is 4.99 Å². The first kappa shape index (κ1) is 10.1. The third-order valence-electron chi connectivity index (χ3n) is 2.02. The van der Waals surface area contributed by atoms with Gasteiger partial charge in [0, 0.05) is 25.2 Å². The first-order valence-electron chi connectivity index (χ1n) is 4.55. The summed E-state index contributed by atoms with van der Waals surface area (Å²) >= 11 is 3.64. The summed E-state index contributed by atoms with van der Waals surface area (Å²) in [5.74, 6) is 3.16. The minimum atomic E-state index is 0.490. The molecule has 0 aromatic carbocycles. The molecule has 0 saturated carbocycles. The Kier molecular flexibility index (Phi) is 3.18.